The van der Waals surface area contributed by atoms with E-state index in [4.69, 9.17) is 5.73 Å². The monoisotopic (exact) mass is 294 g/mol. The van der Waals surface area contributed by atoms with Crippen molar-refractivity contribution in [1.29, 1.82) is 0 Å². The average molecular weight is 294 g/mol. The molecule has 0 saturated carbocycles. The van der Waals surface area contributed by atoms with Gasteiger partial charge in [0.25, 0.3) is 5.91 Å². The molecule has 0 aliphatic carbocycles. The molecule has 1 amide bonds. The van der Waals surface area contributed by atoms with Gasteiger partial charge in [0.05, 0.1) is 5.52 Å². The Balaban J connectivity index is 1.76. The number of fused-ring (bicyclic) bond motifs is 1. The van der Waals surface area contributed by atoms with Crippen molar-refractivity contribution >= 4 is 22.6 Å². The summed E-state index contributed by atoms with van der Waals surface area (Å²) in [5, 5.41) is 10.5. The van der Waals surface area contributed by atoms with Crippen LogP contribution in [0.4, 0.5) is 5.82 Å². The summed E-state index contributed by atoms with van der Waals surface area (Å²) in [6, 6.07) is 11.5. The number of hydrogen-bond donors (Lipinski definition) is 3. The van der Waals surface area contributed by atoms with Gasteiger partial charge in [-0.25, -0.2) is 0 Å². The Labute approximate surface area is 128 Å². The van der Waals surface area contributed by atoms with Crippen LogP contribution in [-0.4, -0.2) is 16.1 Å². The van der Waals surface area contributed by atoms with Gasteiger partial charge in [-0.05, 0) is 43.2 Å². The number of hydrogen-bond acceptors (Lipinski definition) is 3. The quantitative estimate of drug-likeness (QED) is 0.694. The van der Waals surface area contributed by atoms with Crippen molar-refractivity contribution < 1.29 is 4.79 Å². The van der Waals surface area contributed by atoms with Crippen LogP contribution < -0.4 is 11.1 Å². The van der Waals surface area contributed by atoms with E-state index in [1.165, 1.54) is 11.1 Å². The highest BCUT2D eigenvalue weighted by Gasteiger charge is 2.09. The second-order valence-electron chi connectivity index (χ2n) is 5.48. The molecular formula is C17H18N4O. The zero-order valence-electron chi connectivity index (χ0n) is 12.6. The Morgan fingerprint density at radius 1 is 1.23 bits per heavy atom. The maximum absolute atomic E-state index is 12.3. The summed E-state index contributed by atoms with van der Waals surface area (Å²) in [7, 11) is 0. The first-order valence-corrected chi connectivity index (χ1v) is 7.12. The van der Waals surface area contributed by atoms with Gasteiger partial charge in [0.2, 0.25) is 0 Å². The molecule has 3 rings (SSSR count). The van der Waals surface area contributed by atoms with E-state index in [0.29, 0.717) is 17.9 Å². The first kappa shape index (κ1) is 14.1. The Hall–Kier alpha value is -2.82. The van der Waals surface area contributed by atoms with Crippen LogP contribution in [0, 0.1) is 13.8 Å². The number of carbonyl (C=O) groups excluding carboxylic acids is 1. The van der Waals surface area contributed by atoms with E-state index < -0.39 is 0 Å². The molecule has 0 aliphatic rings. The van der Waals surface area contributed by atoms with Crippen LogP contribution in [0.25, 0.3) is 10.9 Å². The van der Waals surface area contributed by atoms with Gasteiger partial charge in [-0.3, -0.25) is 9.89 Å². The summed E-state index contributed by atoms with van der Waals surface area (Å²) in [6.07, 6.45) is 0. The average Bonchev–Trinajstić information content (AvgIpc) is 2.87. The number of benzene rings is 2. The molecule has 2 aromatic carbocycles. The van der Waals surface area contributed by atoms with Gasteiger partial charge in [0, 0.05) is 17.5 Å². The lowest BCUT2D eigenvalue weighted by Crippen LogP contribution is -2.23. The highest BCUT2D eigenvalue weighted by molar-refractivity contribution is 6.00. The fourth-order valence-corrected chi connectivity index (χ4v) is 2.50. The molecule has 5 nitrogen and oxygen atoms in total. The lowest BCUT2D eigenvalue weighted by molar-refractivity contribution is 0.0951. The zero-order chi connectivity index (χ0) is 15.7. The van der Waals surface area contributed by atoms with Gasteiger partial charge in [0.1, 0.15) is 0 Å². The molecule has 0 saturated heterocycles. The number of anilines is 1. The van der Waals surface area contributed by atoms with Gasteiger partial charge in [-0.1, -0.05) is 23.8 Å². The Kier molecular flexibility index (Phi) is 3.55. The van der Waals surface area contributed by atoms with Gasteiger partial charge >= 0.3 is 0 Å². The van der Waals surface area contributed by atoms with Crippen LogP contribution in [0.3, 0.4) is 0 Å². The van der Waals surface area contributed by atoms with Gasteiger partial charge in [-0.15, -0.1) is 0 Å². The van der Waals surface area contributed by atoms with E-state index in [1.54, 1.807) is 12.1 Å². The molecule has 22 heavy (non-hydrogen) atoms. The van der Waals surface area contributed by atoms with E-state index in [2.05, 4.69) is 28.5 Å². The molecule has 4 N–H and O–H groups in total. The standard InChI is InChI=1S/C17H18N4O/c1-10-3-4-13(11(2)7-10)9-19-17(22)12-5-6-15-14(8-12)16(18)21-20-15/h3-8H,9H2,1-2H3,(H,19,22)(H3,18,20,21). The predicted octanol–water partition coefficient (Wildman–Crippen LogP) is 2.69. The van der Waals surface area contributed by atoms with Crippen LogP contribution in [0.5, 0.6) is 0 Å². The number of aromatic nitrogens is 2. The smallest absolute Gasteiger partial charge is 0.251 e. The number of amides is 1. The van der Waals surface area contributed by atoms with Crippen LogP contribution in [0.1, 0.15) is 27.0 Å². The summed E-state index contributed by atoms with van der Waals surface area (Å²) in [5.74, 6) is 0.279. The Bertz CT molecular complexity index is 851. The highest BCUT2D eigenvalue weighted by Crippen LogP contribution is 2.19. The van der Waals surface area contributed by atoms with E-state index >= 15 is 0 Å². The third kappa shape index (κ3) is 2.65. The molecule has 0 atom stereocenters. The zero-order valence-corrected chi connectivity index (χ0v) is 12.6. The van der Waals surface area contributed by atoms with E-state index in [-0.39, 0.29) is 5.91 Å². The van der Waals surface area contributed by atoms with Crippen LogP contribution in [0.15, 0.2) is 36.4 Å². The lowest BCUT2D eigenvalue weighted by Gasteiger charge is -2.09. The number of nitrogens with one attached hydrogen (secondary N) is 2. The van der Waals surface area contributed by atoms with Crippen molar-refractivity contribution in [1.82, 2.24) is 15.5 Å². The van der Waals surface area contributed by atoms with Crippen molar-refractivity contribution in [3.05, 3.63) is 58.7 Å². The number of nitrogens with zero attached hydrogens (tertiary/aromatic N) is 1. The molecule has 1 aromatic heterocycles. The number of rotatable bonds is 3. The molecule has 0 bridgehead atoms. The number of nitrogen functional groups attached to an aromatic ring is 1. The fraction of sp³-hybridized carbons (Fsp3) is 0.176. The summed E-state index contributed by atoms with van der Waals surface area (Å²) in [6.45, 7) is 4.61. The lowest BCUT2D eigenvalue weighted by atomic mass is 10.1. The van der Waals surface area contributed by atoms with Gasteiger partial charge in [0.15, 0.2) is 5.82 Å². The predicted molar refractivity (Wildman–Crippen MR) is 87.6 cm³/mol. The largest absolute Gasteiger partial charge is 0.382 e. The maximum atomic E-state index is 12.3. The molecule has 0 aliphatic heterocycles. The molecular weight excluding hydrogens is 276 g/mol. The summed E-state index contributed by atoms with van der Waals surface area (Å²) in [5.41, 5.74) is 10.7. The maximum Gasteiger partial charge on any atom is 0.251 e. The number of aromatic amines is 1. The molecule has 1 heterocycles. The normalized spacial score (nSPS) is 10.8. The fourth-order valence-electron chi connectivity index (χ4n) is 2.50. The second-order valence-corrected chi connectivity index (χ2v) is 5.48. The van der Waals surface area contributed by atoms with Crippen molar-refractivity contribution in [2.24, 2.45) is 0 Å². The van der Waals surface area contributed by atoms with Gasteiger partial charge < -0.3 is 11.1 Å². The van der Waals surface area contributed by atoms with Crippen molar-refractivity contribution in [3.8, 4) is 0 Å². The molecule has 0 spiro atoms. The molecule has 0 radical (unpaired) electrons. The van der Waals surface area contributed by atoms with E-state index in [9.17, 15) is 4.79 Å². The van der Waals surface area contributed by atoms with E-state index in [0.717, 1.165) is 16.5 Å². The summed E-state index contributed by atoms with van der Waals surface area (Å²) < 4.78 is 0. The van der Waals surface area contributed by atoms with Crippen molar-refractivity contribution in [3.63, 3.8) is 0 Å². The molecule has 0 unspecified atom stereocenters. The molecule has 5 heteroatoms. The van der Waals surface area contributed by atoms with Crippen molar-refractivity contribution in [2.45, 2.75) is 20.4 Å². The van der Waals surface area contributed by atoms with Crippen molar-refractivity contribution in [2.75, 3.05) is 5.73 Å². The number of nitrogens with two attached hydrogens (primary N) is 1. The first-order chi connectivity index (χ1) is 10.5. The summed E-state index contributed by atoms with van der Waals surface area (Å²) in [4.78, 5) is 12.3. The van der Waals surface area contributed by atoms with Crippen LogP contribution >= 0.6 is 0 Å². The number of H-pyrrole nitrogens is 1. The third-order valence-electron chi connectivity index (χ3n) is 3.79. The first-order valence-electron chi connectivity index (χ1n) is 7.12. The molecule has 0 fully saturated rings. The Morgan fingerprint density at radius 3 is 2.82 bits per heavy atom. The SMILES string of the molecule is Cc1ccc(CNC(=O)c2ccc3[nH]nc(N)c3c2)c(C)c1. The van der Waals surface area contributed by atoms with E-state index in [1.807, 2.05) is 25.1 Å². The molecule has 3 aromatic rings. The minimum atomic E-state index is -0.123. The number of aryl methyl sites for hydroxylation is 2. The van der Waals surface area contributed by atoms with Crippen LogP contribution in [-0.2, 0) is 6.54 Å². The van der Waals surface area contributed by atoms with Gasteiger partial charge in [-0.2, -0.15) is 5.10 Å². The Morgan fingerprint density at radius 2 is 2.05 bits per heavy atom. The third-order valence-corrected chi connectivity index (χ3v) is 3.79. The topological polar surface area (TPSA) is 83.8 Å². The van der Waals surface area contributed by atoms with Crippen LogP contribution in [0.2, 0.25) is 0 Å². The second kappa shape index (κ2) is 5.52. The number of carbonyl (C=O) groups is 1. The summed E-state index contributed by atoms with van der Waals surface area (Å²) >= 11 is 0. The highest BCUT2D eigenvalue weighted by atomic mass is 16.1. The minimum absolute atomic E-state index is 0.123. The molecule has 112 valence electrons. The minimum Gasteiger partial charge on any atom is -0.382 e.